The molecule has 2 rings (SSSR count). The van der Waals surface area contributed by atoms with Gasteiger partial charge in [0.05, 0.1) is 5.39 Å². The predicted molar refractivity (Wildman–Crippen MR) is 84.4 cm³/mol. The molecule has 0 bridgehead atoms. The van der Waals surface area contributed by atoms with Crippen LogP contribution in [0.2, 0.25) is 0 Å². The summed E-state index contributed by atoms with van der Waals surface area (Å²) in [5.74, 6) is 2.63. The van der Waals surface area contributed by atoms with Gasteiger partial charge in [-0.3, -0.25) is 0 Å². The highest BCUT2D eigenvalue weighted by atomic mass is 32.2. The third-order valence-corrected chi connectivity index (χ3v) is 4.64. The summed E-state index contributed by atoms with van der Waals surface area (Å²) in [4.78, 5) is 10.0. The molecule has 2 N–H and O–H groups in total. The van der Waals surface area contributed by atoms with Gasteiger partial charge in [-0.05, 0) is 37.5 Å². The summed E-state index contributed by atoms with van der Waals surface area (Å²) < 4.78 is 0. The second-order valence-corrected chi connectivity index (χ2v) is 6.30. The number of rotatable bonds is 6. The fourth-order valence-corrected chi connectivity index (χ4v) is 3.66. The lowest BCUT2D eigenvalue weighted by Gasteiger charge is -2.18. The van der Waals surface area contributed by atoms with Crippen molar-refractivity contribution in [2.45, 2.75) is 26.3 Å². The van der Waals surface area contributed by atoms with E-state index < -0.39 is 0 Å². The first kappa shape index (κ1) is 14.6. The Hall–Kier alpha value is -0.850. The molecule has 0 saturated carbocycles. The van der Waals surface area contributed by atoms with E-state index in [1.807, 2.05) is 6.92 Å². The minimum atomic E-state index is 0.189. The molecule has 1 atom stereocenters. The second-order valence-electron chi connectivity index (χ2n) is 4.53. The number of aliphatic hydroxyl groups is 1. The van der Waals surface area contributed by atoms with Crippen molar-refractivity contribution in [2.75, 3.05) is 23.9 Å². The molecule has 0 aromatic carbocycles. The molecular weight excluding hydrogens is 278 g/mol. The Morgan fingerprint density at radius 2 is 2.21 bits per heavy atom. The van der Waals surface area contributed by atoms with Gasteiger partial charge < -0.3 is 10.4 Å². The van der Waals surface area contributed by atoms with Gasteiger partial charge in [-0.15, -0.1) is 11.3 Å². The molecule has 0 spiro atoms. The van der Waals surface area contributed by atoms with Crippen molar-refractivity contribution < 1.29 is 5.11 Å². The zero-order valence-corrected chi connectivity index (χ0v) is 13.1. The van der Waals surface area contributed by atoms with Crippen LogP contribution in [0.1, 0.15) is 17.8 Å². The number of hydrogen-bond acceptors (Lipinski definition) is 6. The highest BCUT2D eigenvalue weighted by molar-refractivity contribution is 7.98. The van der Waals surface area contributed by atoms with E-state index in [4.69, 9.17) is 5.11 Å². The van der Waals surface area contributed by atoms with Crippen LogP contribution < -0.4 is 5.32 Å². The topological polar surface area (TPSA) is 58.0 Å². The quantitative estimate of drug-likeness (QED) is 0.858. The van der Waals surface area contributed by atoms with Gasteiger partial charge in [0, 0.05) is 18.4 Å². The van der Waals surface area contributed by atoms with Crippen molar-refractivity contribution in [1.29, 1.82) is 0 Å². The van der Waals surface area contributed by atoms with Gasteiger partial charge in [0.2, 0.25) is 0 Å². The lowest BCUT2D eigenvalue weighted by atomic mass is 10.2. The average Bonchev–Trinajstić information content (AvgIpc) is 2.71. The molecule has 0 aliphatic rings. The monoisotopic (exact) mass is 297 g/mol. The summed E-state index contributed by atoms with van der Waals surface area (Å²) in [5, 5.41) is 15.8. The lowest BCUT2D eigenvalue weighted by molar-refractivity contribution is 0.282. The van der Waals surface area contributed by atoms with Crippen LogP contribution >= 0.6 is 23.1 Å². The SMILES string of the molecule is CSC[C@H](CCO)Nc1nc(C)nc2scc(C)c12. The van der Waals surface area contributed by atoms with E-state index in [-0.39, 0.29) is 12.6 Å². The van der Waals surface area contributed by atoms with Crippen LogP contribution in [0.3, 0.4) is 0 Å². The highest BCUT2D eigenvalue weighted by Crippen LogP contribution is 2.30. The number of aliphatic hydroxyl groups excluding tert-OH is 1. The zero-order valence-electron chi connectivity index (χ0n) is 11.4. The first-order valence-corrected chi connectivity index (χ1v) is 8.51. The van der Waals surface area contributed by atoms with Crippen LogP contribution in [0.5, 0.6) is 0 Å². The number of thiophene rings is 1. The van der Waals surface area contributed by atoms with E-state index in [1.54, 1.807) is 23.1 Å². The molecule has 0 aliphatic carbocycles. The minimum absolute atomic E-state index is 0.189. The molecule has 0 amide bonds. The van der Waals surface area contributed by atoms with Crippen LogP contribution in [0, 0.1) is 13.8 Å². The number of nitrogens with one attached hydrogen (secondary N) is 1. The number of hydrogen-bond donors (Lipinski definition) is 2. The third-order valence-electron chi connectivity index (χ3n) is 2.92. The largest absolute Gasteiger partial charge is 0.396 e. The van der Waals surface area contributed by atoms with Gasteiger partial charge in [-0.25, -0.2) is 9.97 Å². The molecule has 0 aliphatic heterocycles. The molecule has 2 aromatic heterocycles. The molecule has 0 unspecified atom stereocenters. The van der Waals surface area contributed by atoms with Crippen molar-refractivity contribution in [3.63, 3.8) is 0 Å². The molecule has 0 fully saturated rings. The predicted octanol–water partition coefficient (Wildman–Crippen LogP) is 2.83. The number of thioether (sulfide) groups is 1. The van der Waals surface area contributed by atoms with Crippen molar-refractivity contribution >= 4 is 39.1 Å². The van der Waals surface area contributed by atoms with Gasteiger partial charge in [0.1, 0.15) is 16.5 Å². The summed E-state index contributed by atoms with van der Waals surface area (Å²) in [6, 6.07) is 0.233. The average molecular weight is 297 g/mol. The smallest absolute Gasteiger partial charge is 0.139 e. The van der Waals surface area contributed by atoms with Crippen LogP contribution in [-0.4, -0.2) is 39.7 Å². The summed E-state index contributed by atoms with van der Waals surface area (Å²) in [7, 11) is 0. The second kappa shape index (κ2) is 6.54. The molecule has 19 heavy (non-hydrogen) atoms. The van der Waals surface area contributed by atoms with E-state index >= 15 is 0 Å². The molecule has 2 heterocycles. The zero-order chi connectivity index (χ0) is 13.8. The maximum Gasteiger partial charge on any atom is 0.139 e. The fourth-order valence-electron chi connectivity index (χ4n) is 2.04. The Kier molecular flexibility index (Phi) is 5.01. The number of aromatic nitrogens is 2. The van der Waals surface area contributed by atoms with Gasteiger partial charge in [0.25, 0.3) is 0 Å². The summed E-state index contributed by atoms with van der Waals surface area (Å²) in [6.07, 6.45) is 2.80. The molecular formula is C13H19N3OS2. The van der Waals surface area contributed by atoms with E-state index in [0.29, 0.717) is 0 Å². The Morgan fingerprint density at radius 3 is 2.89 bits per heavy atom. The molecule has 0 saturated heterocycles. The maximum absolute atomic E-state index is 9.14. The molecule has 0 radical (unpaired) electrons. The number of nitrogens with zero attached hydrogens (tertiary/aromatic N) is 2. The van der Waals surface area contributed by atoms with Crippen molar-refractivity contribution in [3.05, 3.63) is 16.8 Å². The number of anilines is 1. The lowest BCUT2D eigenvalue weighted by Crippen LogP contribution is -2.24. The van der Waals surface area contributed by atoms with E-state index in [0.717, 1.165) is 34.0 Å². The standard InChI is InChI=1S/C13H19N3OS2/c1-8-6-19-13-11(8)12(14-9(2)15-13)16-10(4-5-17)7-18-3/h6,10,17H,4-5,7H2,1-3H3,(H,14,15,16)/t10-/m0/s1. The van der Waals surface area contributed by atoms with Gasteiger partial charge >= 0.3 is 0 Å². The Labute approximate surface area is 121 Å². The molecule has 6 heteroatoms. The van der Waals surface area contributed by atoms with Crippen molar-refractivity contribution in [1.82, 2.24) is 9.97 Å². The molecule has 104 valence electrons. The normalized spacial score (nSPS) is 12.8. The maximum atomic E-state index is 9.14. The van der Waals surface area contributed by atoms with Crippen molar-refractivity contribution in [2.24, 2.45) is 0 Å². The van der Waals surface area contributed by atoms with E-state index in [1.165, 1.54) is 5.56 Å². The van der Waals surface area contributed by atoms with Crippen LogP contribution in [0.4, 0.5) is 5.82 Å². The summed E-state index contributed by atoms with van der Waals surface area (Å²) >= 11 is 3.42. The van der Waals surface area contributed by atoms with E-state index in [9.17, 15) is 0 Å². The Morgan fingerprint density at radius 1 is 1.42 bits per heavy atom. The number of fused-ring (bicyclic) bond motifs is 1. The molecule has 2 aromatic rings. The first-order chi connectivity index (χ1) is 9.15. The fraction of sp³-hybridized carbons (Fsp3) is 0.538. The van der Waals surface area contributed by atoms with Crippen LogP contribution in [0.15, 0.2) is 5.38 Å². The Balaban J connectivity index is 2.34. The minimum Gasteiger partial charge on any atom is -0.396 e. The number of aryl methyl sites for hydroxylation is 2. The molecule has 4 nitrogen and oxygen atoms in total. The van der Waals surface area contributed by atoms with Crippen LogP contribution in [-0.2, 0) is 0 Å². The summed E-state index contributed by atoms with van der Waals surface area (Å²) in [5.41, 5.74) is 1.20. The van der Waals surface area contributed by atoms with Crippen molar-refractivity contribution in [3.8, 4) is 0 Å². The van der Waals surface area contributed by atoms with E-state index in [2.05, 4.69) is 33.8 Å². The Bertz CT molecular complexity index is 550. The first-order valence-electron chi connectivity index (χ1n) is 6.24. The van der Waals surface area contributed by atoms with Gasteiger partial charge in [0.15, 0.2) is 0 Å². The van der Waals surface area contributed by atoms with Gasteiger partial charge in [-0.2, -0.15) is 11.8 Å². The highest BCUT2D eigenvalue weighted by Gasteiger charge is 2.14. The van der Waals surface area contributed by atoms with Gasteiger partial charge in [-0.1, -0.05) is 0 Å². The third kappa shape index (κ3) is 3.38. The summed E-state index contributed by atoms with van der Waals surface area (Å²) in [6.45, 7) is 4.18. The van der Waals surface area contributed by atoms with Crippen LogP contribution in [0.25, 0.3) is 10.2 Å².